The quantitative estimate of drug-likeness (QED) is 0.287. The molecular formula is C21H15N3O6. The van der Waals surface area contributed by atoms with Crippen molar-refractivity contribution in [3.8, 4) is 23.0 Å². The monoisotopic (exact) mass is 405 g/mol. The fourth-order valence-corrected chi connectivity index (χ4v) is 2.95. The standard InChI is InChI=1S/C21H15N3O6/c1-29-19-9-6-12(10-16(19)24(27)28)20(26)22-13-7-8-17(25)14(11-13)21-23-15-4-2-3-5-18(15)30-21/h2-11,25H,1H3,(H,22,26). The number of aromatic hydroxyl groups is 1. The number of hydrogen-bond acceptors (Lipinski definition) is 7. The van der Waals surface area contributed by atoms with E-state index in [-0.39, 0.29) is 28.6 Å². The highest BCUT2D eigenvalue weighted by molar-refractivity contribution is 6.05. The van der Waals surface area contributed by atoms with Gasteiger partial charge >= 0.3 is 5.69 Å². The molecule has 0 bridgehead atoms. The number of rotatable bonds is 5. The van der Waals surface area contributed by atoms with Gasteiger partial charge in [-0.2, -0.15) is 0 Å². The zero-order valence-corrected chi connectivity index (χ0v) is 15.7. The first-order valence-electron chi connectivity index (χ1n) is 8.79. The minimum Gasteiger partial charge on any atom is -0.507 e. The predicted molar refractivity (Wildman–Crippen MR) is 109 cm³/mol. The number of nitrogens with one attached hydrogen (secondary N) is 1. The van der Waals surface area contributed by atoms with E-state index in [1.165, 1.54) is 37.4 Å². The van der Waals surface area contributed by atoms with Gasteiger partial charge in [0.1, 0.15) is 11.3 Å². The van der Waals surface area contributed by atoms with Crippen LogP contribution in [0.3, 0.4) is 0 Å². The van der Waals surface area contributed by atoms with Gasteiger partial charge in [0.25, 0.3) is 5.91 Å². The molecular weight excluding hydrogens is 390 g/mol. The van der Waals surface area contributed by atoms with E-state index in [4.69, 9.17) is 9.15 Å². The second-order valence-electron chi connectivity index (χ2n) is 6.32. The Morgan fingerprint density at radius 1 is 1.17 bits per heavy atom. The number of para-hydroxylation sites is 2. The molecule has 1 amide bonds. The van der Waals surface area contributed by atoms with Gasteiger partial charge in [0.2, 0.25) is 5.89 Å². The summed E-state index contributed by atoms with van der Waals surface area (Å²) >= 11 is 0. The number of nitrogens with zero attached hydrogens (tertiary/aromatic N) is 2. The highest BCUT2D eigenvalue weighted by Crippen LogP contribution is 2.33. The van der Waals surface area contributed by atoms with E-state index in [2.05, 4.69) is 10.3 Å². The van der Waals surface area contributed by atoms with E-state index in [9.17, 15) is 20.0 Å². The van der Waals surface area contributed by atoms with Crippen LogP contribution in [0.25, 0.3) is 22.6 Å². The van der Waals surface area contributed by atoms with E-state index >= 15 is 0 Å². The maximum atomic E-state index is 12.6. The second-order valence-corrected chi connectivity index (χ2v) is 6.32. The lowest BCUT2D eigenvalue weighted by atomic mass is 10.1. The first kappa shape index (κ1) is 18.9. The van der Waals surface area contributed by atoms with Gasteiger partial charge in [-0.15, -0.1) is 0 Å². The Morgan fingerprint density at radius 2 is 1.97 bits per heavy atom. The molecule has 0 saturated carbocycles. The maximum Gasteiger partial charge on any atom is 0.311 e. The molecule has 0 fully saturated rings. The molecule has 1 heterocycles. The van der Waals surface area contributed by atoms with Gasteiger partial charge < -0.3 is 19.6 Å². The molecule has 4 aromatic rings. The van der Waals surface area contributed by atoms with Crippen LogP contribution >= 0.6 is 0 Å². The number of phenolic OH excluding ortho intramolecular Hbond substituents is 1. The van der Waals surface area contributed by atoms with Crippen LogP contribution < -0.4 is 10.1 Å². The number of oxazole rings is 1. The molecule has 0 atom stereocenters. The summed E-state index contributed by atoms with van der Waals surface area (Å²) in [5, 5.41) is 24.0. The molecule has 0 aliphatic rings. The zero-order chi connectivity index (χ0) is 21.3. The molecule has 3 aromatic carbocycles. The third-order valence-electron chi connectivity index (χ3n) is 4.42. The van der Waals surface area contributed by atoms with E-state index in [1.54, 1.807) is 12.1 Å². The number of ether oxygens (including phenoxy) is 1. The van der Waals surface area contributed by atoms with Gasteiger partial charge in [-0.25, -0.2) is 4.98 Å². The summed E-state index contributed by atoms with van der Waals surface area (Å²) in [6.07, 6.45) is 0. The molecule has 30 heavy (non-hydrogen) atoms. The Hall–Kier alpha value is -4.40. The lowest BCUT2D eigenvalue weighted by molar-refractivity contribution is -0.385. The van der Waals surface area contributed by atoms with Crippen LogP contribution in [0.1, 0.15) is 10.4 Å². The number of fused-ring (bicyclic) bond motifs is 1. The normalized spacial score (nSPS) is 10.7. The number of benzene rings is 3. The van der Waals surface area contributed by atoms with Gasteiger partial charge in [0, 0.05) is 17.3 Å². The van der Waals surface area contributed by atoms with Crippen molar-refractivity contribution in [2.75, 3.05) is 12.4 Å². The number of carbonyl (C=O) groups excluding carboxylic acids is 1. The van der Waals surface area contributed by atoms with Gasteiger partial charge in [-0.3, -0.25) is 14.9 Å². The lowest BCUT2D eigenvalue weighted by Gasteiger charge is -2.08. The first-order valence-corrected chi connectivity index (χ1v) is 8.79. The van der Waals surface area contributed by atoms with Crippen LogP contribution in [0.5, 0.6) is 11.5 Å². The molecule has 9 nitrogen and oxygen atoms in total. The van der Waals surface area contributed by atoms with Crippen molar-refractivity contribution in [3.05, 3.63) is 76.3 Å². The van der Waals surface area contributed by atoms with Crippen LogP contribution in [0.4, 0.5) is 11.4 Å². The highest BCUT2D eigenvalue weighted by Gasteiger charge is 2.19. The summed E-state index contributed by atoms with van der Waals surface area (Å²) in [5.74, 6) is -0.376. The summed E-state index contributed by atoms with van der Waals surface area (Å²) in [6, 6.07) is 15.5. The third kappa shape index (κ3) is 3.51. The molecule has 9 heteroatoms. The summed E-state index contributed by atoms with van der Waals surface area (Å²) in [7, 11) is 1.31. The molecule has 0 aliphatic heterocycles. The number of carbonyl (C=O) groups is 1. The molecule has 4 rings (SSSR count). The fraction of sp³-hybridized carbons (Fsp3) is 0.0476. The van der Waals surface area contributed by atoms with Crippen molar-refractivity contribution in [3.63, 3.8) is 0 Å². The molecule has 1 aromatic heterocycles. The molecule has 150 valence electrons. The molecule has 0 unspecified atom stereocenters. The first-order chi connectivity index (χ1) is 14.5. The van der Waals surface area contributed by atoms with Crippen LogP contribution in [0.2, 0.25) is 0 Å². The Morgan fingerprint density at radius 3 is 2.70 bits per heavy atom. The summed E-state index contributed by atoms with van der Waals surface area (Å²) in [5.41, 5.74) is 1.61. The Labute approximate surface area is 169 Å². The molecule has 2 N–H and O–H groups in total. The molecule has 0 aliphatic carbocycles. The third-order valence-corrected chi connectivity index (χ3v) is 4.42. The van der Waals surface area contributed by atoms with E-state index in [1.807, 2.05) is 12.1 Å². The number of nitro benzene ring substituents is 1. The van der Waals surface area contributed by atoms with E-state index in [0.717, 1.165) is 6.07 Å². The number of hydrogen-bond donors (Lipinski definition) is 2. The number of nitro groups is 1. The van der Waals surface area contributed by atoms with Crippen molar-refractivity contribution in [2.24, 2.45) is 0 Å². The summed E-state index contributed by atoms with van der Waals surface area (Å²) in [4.78, 5) is 27.5. The van der Waals surface area contributed by atoms with Gasteiger partial charge in [0.05, 0.1) is 17.6 Å². The number of amides is 1. The van der Waals surface area contributed by atoms with E-state index < -0.39 is 10.8 Å². The topological polar surface area (TPSA) is 128 Å². The van der Waals surface area contributed by atoms with Crippen molar-refractivity contribution >= 4 is 28.4 Å². The lowest BCUT2D eigenvalue weighted by Crippen LogP contribution is -2.12. The number of phenols is 1. The molecule has 0 saturated heterocycles. The number of anilines is 1. The Bertz CT molecular complexity index is 1250. The van der Waals surface area contributed by atoms with Crippen molar-refractivity contribution in [1.29, 1.82) is 0 Å². The van der Waals surface area contributed by atoms with Crippen LogP contribution in [0, 0.1) is 10.1 Å². The predicted octanol–water partition coefficient (Wildman–Crippen LogP) is 4.37. The van der Waals surface area contributed by atoms with Crippen LogP contribution in [-0.4, -0.2) is 28.0 Å². The van der Waals surface area contributed by atoms with Gasteiger partial charge in [-0.1, -0.05) is 12.1 Å². The van der Waals surface area contributed by atoms with Gasteiger partial charge in [-0.05, 0) is 42.5 Å². The minimum absolute atomic E-state index is 0.0550. The number of methoxy groups -OCH3 is 1. The Kier molecular flexibility index (Phi) is 4.77. The summed E-state index contributed by atoms with van der Waals surface area (Å²) < 4.78 is 10.6. The minimum atomic E-state index is -0.623. The average Bonchev–Trinajstić information content (AvgIpc) is 3.18. The average molecular weight is 405 g/mol. The van der Waals surface area contributed by atoms with Crippen LogP contribution in [-0.2, 0) is 0 Å². The van der Waals surface area contributed by atoms with Gasteiger partial charge in [0.15, 0.2) is 11.3 Å². The largest absolute Gasteiger partial charge is 0.507 e. The highest BCUT2D eigenvalue weighted by atomic mass is 16.6. The Balaban J connectivity index is 1.64. The maximum absolute atomic E-state index is 12.6. The smallest absolute Gasteiger partial charge is 0.311 e. The second kappa shape index (κ2) is 7.55. The van der Waals surface area contributed by atoms with Crippen molar-refractivity contribution < 1.29 is 24.0 Å². The van der Waals surface area contributed by atoms with Crippen molar-refractivity contribution in [2.45, 2.75) is 0 Å². The molecule has 0 spiro atoms. The van der Waals surface area contributed by atoms with E-state index in [0.29, 0.717) is 22.4 Å². The summed E-state index contributed by atoms with van der Waals surface area (Å²) in [6.45, 7) is 0. The van der Waals surface area contributed by atoms with Crippen LogP contribution in [0.15, 0.2) is 65.1 Å². The fourth-order valence-electron chi connectivity index (χ4n) is 2.95. The zero-order valence-electron chi connectivity index (χ0n) is 15.7. The molecule has 0 radical (unpaired) electrons. The SMILES string of the molecule is COc1ccc(C(=O)Nc2ccc(O)c(-c3nc4ccccc4o3)c2)cc1[N+](=O)[O-]. The number of aromatic nitrogens is 1. The van der Waals surface area contributed by atoms with Crippen molar-refractivity contribution in [1.82, 2.24) is 4.98 Å².